The monoisotopic (exact) mass is 254 g/mol. The maximum absolute atomic E-state index is 11.3. The van der Waals surface area contributed by atoms with Crippen molar-refractivity contribution in [2.75, 3.05) is 0 Å². The third kappa shape index (κ3) is 4.79. The normalized spacial score (nSPS) is 10.8. The number of non-ortho nitro benzene ring substituents is 1. The molecule has 1 aromatic carbocycles. The number of rotatable bonds is 3. The van der Waals surface area contributed by atoms with Gasteiger partial charge in [-0.2, -0.15) is 5.48 Å². The summed E-state index contributed by atoms with van der Waals surface area (Å²) in [6, 6.07) is 5.14. The average molecular weight is 254 g/mol. The highest BCUT2D eigenvalue weighted by molar-refractivity contribution is 5.69. The summed E-state index contributed by atoms with van der Waals surface area (Å²) in [5.41, 5.74) is 1.50. The number of nitrogens with one attached hydrogen (secondary N) is 1. The first-order chi connectivity index (χ1) is 8.28. The van der Waals surface area contributed by atoms with Crippen LogP contribution in [0.2, 0.25) is 0 Å². The Bertz CT molecular complexity index is 436. The predicted molar refractivity (Wildman–Crippen MR) is 63.1 cm³/mol. The van der Waals surface area contributed by atoms with E-state index >= 15 is 0 Å². The van der Waals surface area contributed by atoms with Gasteiger partial charge < -0.3 is 4.74 Å². The van der Waals surface area contributed by atoms with Crippen LogP contribution in [-0.4, -0.2) is 16.6 Å². The van der Waals surface area contributed by atoms with E-state index in [-0.39, 0.29) is 11.4 Å². The van der Waals surface area contributed by atoms with Gasteiger partial charge in [0.2, 0.25) is 0 Å². The summed E-state index contributed by atoms with van der Waals surface area (Å²) in [5, 5.41) is 10.4. The number of hydrogen-bond acceptors (Lipinski definition) is 5. The van der Waals surface area contributed by atoms with E-state index < -0.39 is 16.6 Å². The van der Waals surface area contributed by atoms with Crippen molar-refractivity contribution in [3.8, 4) is 5.75 Å². The summed E-state index contributed by atoms with van der Waals surface area (Å²) in [6.45, 7) is 5.29. The van der Waals surface area contributed by atoms with Crippen molar-refractivity contribution in [3.63, 3.8) is 0 Å². The summed E-state index contributed by atoms with van der Waals surface area (Å²) in [6.07, 6.45) is -0.793. The van der Waals surface area contributed by atoms with E-state index in [1.807, 2.05) is 0 Å². The predicted octanol–water partition coefficient (Wildman–Crippen LogP) is 2.41. The van der Waals surface area contributed by atoms with Crippen LogP contribution in [0.5, 0.6) is 5.75 Å². The Morgan fingerprint density at radius 2 is 1.83 bits per heavy atom. The molecule has 0 aromatic heterocycles. The summed E-state index contributed by atoms with van der Waals surface area (Å²) >= 11 is 0. The molecule has 0 spiro atoms. The Labute approximate surface area is 104 Å². The molecule has 1 rings (SSSR count). The standard InChI is InChI=1S/C11H14N2O5/c1-11(2,3)18-12-10(14)17-9-6-4-8(5-7-9)13(15)16/h4-7H,1-3H3,(H,12,14). The van der Waals surface area contributed by atoms with Gasteiger partial charge in [0.1, 0.15) is 5.75 Å². The largest absolute Gasteiger partial charge is 0.436 e. The molecule has 0 heterocycles. The summed E-state index contributed by atoms with van der Waals surface area (Å²) in [5.74, 6) is 0.190. The molecular weight excluding hydrogens is 240 g/mol. The van der Waals surface area contributed by atoms with Crippen molar-refractivity contribution in [3.05, 3.63) is 34.4 Å². The number of nitrogens with zero attached hydrogens (tertiary/aromatic N) is 1. The van der Waals surface area contributed by atoms with Gasteiger partial charge in [-0.25, -0.2) is 4.79 Å². The smallest absolute Gasteiger partial charge is 0.409 e. The van der Waals surface area contributed by atoms with Crippen LogP contribution in [0.1, 0.15) is 20.8 Å². The lowest BCUT2D eigenvalue weighted by molar-refractivity contribution is -0.384. The molecule has 0 aliphatic heterocycles. The lowest BCUT2D eigenvalue weighted by Gasteiger charge is -2.18. The Balaban J connectivity index is 2.52. The second kappa shape index (κ2) is 5.46. The molecule has 7 heteroatoms. The lowest BCUT2D eigenvalue weighted by Crippen LogP contribution is -2.35. The number of nitro benzene ring substituents is 1. The van der Waals surface area contributed by atoms with Crippen LogP contribution in [-0.2, 0) is 4.84 Å². The highest BCUT2D eigenvalue weighted by Gasteiger charge is 2.14. The zero-order valence-electron chi connectivity index (χ0n) is 10.3. The number of hydrogen-bond donors (Lipinski definition) is 1. The fourth-order valence-electron chi connectivity index (χ4n) is 0.959. The Morgan fingerprint density at radius 1 is 1.28 bits per heavy atom. The first kappa shape index (κ1) is 13.9. The molecule has 1 aromatic rings. The quantitative estimate of drug-likeness (QED) is 0.660. The van der Waals surface area contributed by atoms with Gasteiger partial charge in [-0.05, 0) is 32.9 Å². The molecule has 0 aliphatic rings. The number of amides is 1. The fourth-order valence-corrected chi connectivity index (χ4v) is 0.959. The molecule has 1 amide bonds. The molecule has 0 aliphatic carbocycles. The highest BCUT2D eigenvalue weighted by atomic mass is 16.7. The van der Waals surface area contributed by atoms with Crippen molar-refractivity contribution >= 4 is 11.8 Å². The molecule has 98 valence electrons. The van der Waals surface area contributed by atoms with Crippen LogP contribution in [0, 0.1) is 10.1 Å². The summed E-state index contributed by atoms with van der Waals surface area (Å²) in [4.78, 5) is 26.2. The molecule has 0 saturated heterocycles. The van der Waals surface area contributed by atoms with E-state index in [0.717, 1.165) is 0 Å². The SMILES string of the molecule is CC(C)(C)ONC(=O)Oc1ccc([N+](=O)[O-])cc1. The van der Waals surface area contributed by atoms with E-state index in [1.165, 1.54) is 24.3 Å². The average Bonchev–Trinajstić information content (AvgIpc) is 2.26. The van der Waals surface area contributed by atoms with E-state index in [2.05, 4.69) is 5.48 Å². The van der Waals surface area contributed by atoms with Crippen molar-refractivity contribution < 1.29 is 19.3 Å². The maximum atomic E-state index is 11.3. The van der Waals surface area contributed by atoms with E-state index in [1.54, 1.807) is 20.8 Å². The molecule has 0 saturated carbocycles. The van der Waals surface area contributed by atoms with Gasteiger partial charge >= 0.3 is 6.09 Å². The Kier molecular flexibility index (Phi) is 4.22. The minimum absolute atomic E-state index is 0.0753. The van der Waals surface area contributed by atoms with Gasteiger partial charge in [0.05, 0.1) is 10.5 Å². The van der Waals surface area contributed by atoms with Crippen molar-refractivity contribution in [1.82, 2.24) is 5.48 Å². The second-order valence-corrected chi connectivity index (χ2v) is 4.46. The molecule has 1 N–H and O–H groups in total. The van der Waals surface area contributed by atoms with Gasteiger partial charge in [-0.1, -0.05) is 0 Å². The van der Waals surface area contributed by atoms with Gasteiger partial charge in [0, 0.05) is 12.1 Å². The van der Waals surface area contributed by atoms with Crippen LogP contribution < -0.4 is 10.2 Å². The highest BCUT2D eigenvalue weighted by Crippen LogP contribution is 2.17. The molecule has 0 fully saturated rings. The number of nitro groups is 1. The fraction of sp³-hybridized carbons (Fsp3) is 0.364. The number of ether oxygens (including phenoxy) is 1. The number of carbonyl (C=O) groups excluding carboxylic acids is 1. The number of hydroxylamine groups is 1. The Morgan fingerprint density at radius 3 is 2.28 bits per heavy atom. The molecule has 7 nitrogen and oxygen atoms in total. The summed E-state index contributed by atoms with van der Waals surface area (Å²) < 4.78 is 4.85. The summed E-state index contributed by atoms with van der Waals surface area (Å²) in [7, 11) is 0. The Hall–Kier alpha value is -2.15. The third-order valence-electron chi connectivity index (χ3n) is 1.70. The van der Waals surface area contributed by atoms with Crippen LogP contribution in [0.4, 0.5) is 10.5 Å². The van der Waals surface area contributed by atoms with Crippen molar-refractivity contribution in [2.45, 2.75) is 26.4 Å². The zero-order chi connectivity index (χ0) is 13.8. The molecule has 0 radical (unpaired) electrons. The van der Waals surface area contributed by atoms with Gasteiger partial charge in [-0.15, -0.1) is 0 Å². The molecule has 0 bridgehead atoms. The van der Waals surface area contributed by atoms with Crippen LogP contribution in [0.25, 0.3) is 0 Å². The van der Waals surface area contributed by atoms with Gasteiger partial charge in [0.15, 0.2) is 0 Å². The van der Waals surface area contributed by atoms with Crippen LogP contribution >= 0.6 is 0 Å². The topological polar surface area (TPSA) is 90.7 Å². The van der Waals surface area contributed by atoms with Crippen molar-refractivity contribution in [2.24, 2.45) is 0 Å². The van der Waals surface area contributed by atoms with Crippen molar-refractivity contribution in [1.29, 1.82) is 0 Å². The van der Waals surface area contributed by atoms with Gasteiger partial charge in [0.25, 0.3) is 5.69 Å². The lowest BCUT2D eigenvalue weighted by atomic mass is 10.2. The minimum atomic E-state index is -0.793. The maximum Gasteiger partial charge on any atom is 0.436 e. The molecule has 0 unspecified atom stereocenters. The minimum Gasteiger partial charge on any atom is -0.409 e. The molecular formula is C11H14N2O5. The van der Waals surface area contributed by atoms with E-state index in [0.29, 0.717) is 0 Å². The molecule has 18 heavy (non-hydrogen) atoms. The van der Waals surface area contributed by atoms with Crippen LogP contribution in [0.3, 0.4) is 0 Å². The van der Waals surface area contributed by atoms with E-state index in [9.17, 15) is 14.9 Å². The second-order valence-electron chi connectivity index (χ2n) is 4.46. The molecule has 0 atom stereocenters. The zero-order valence-corrected chi connectivity index (χ0v) is 10.3. The number of carbonyl (C=O) groups is 1. The first-order valence-electron chi connectivity index (χ1n) is 5.18. The van der Waals surface area contributed by atoms with E-state index in [4.69, 9.17) is 9.57 Å². The first-order valence-corrected chi connectivity index (χ1v) is 5.18. The third-order valence-corrected chi connectivity index (χ3v) is 1.70. The van der Waals surface area contributed by atoms with Gasteiger partial charge in [-0.3, -0.25) is 15.0 Å². The number of benzene rings is 1. The van der Waals surface area contributed by atoms with Crippen LogP contribution in [0.15, 0.2) is 24.3 Å².